The molecule has 0 spiro atoms. The second kappa shape index (κ2) is 7.94. The summed E-state index contributed by atoms with van der Waals surface area (Å²) in [7, 11) is 5.46. The summed E-state index contributed by atoms with van der Waals surface area (Å²) in [6.45, 7) is 1.54. The lowest BCUT2D eigenvalue weighted by atomic mass is 10.2. The lowest BCUT2D eigenvalue weighted by Crippen LogP contribution is -2.40. The Morgan fingerprint density at radius 2 is 2.22 bits per heavy atom. The number of nitrogens with one attached hydrogen (secondary N) is 1. The number of nitrogens with zero attached hydrogens (tertiary/aromatic N) is 2. The Balaban J connectivity index is 2.14. The van der Waals surface area contributed by atoms with E-state index in [9.17, 15) is 9.59 Å². The lowest BCUT2D eigenvalue weighted by Gasteiger charge is -2.30. The van der Waals surface area contributed by atoms with E-state index in [-0.39, 0.29) is 25.0 Å². The molecule has 23 heavy (non-hydrogen) atoms. The topological polar surface area (TPSA) is 71.1 Å². The summed E-state index contributed by atoms with van der Waals surface area (Å²) in [5, 5.41) is 2.74. The van der Waals surface area contributed by atoms with Crippen molar-refractivity contribution >= 4 is 23.2 Å². The van der Waals surface area contributed by atoms with Crippen LogP contribution in [0.5, 0.6) is 5.75 Å². The maximum absolute atomic E-state index is 12.1. The fourth-order valence-electron chi connectivity index (χ4n) is 2.40. The van der Waals surface area contributed by atoms with E-state index in [0.29, 0.717) is 23.7 Å². The molecule has 126 valence electrons. The summed E-state index contributed by atoms with van der Waals surface area (Å²) in [4.78, 5) is 27.6. The van der Waals surface area contributed by atoms with Gasteiger partial charge >= 0.3 is 0 Å². The number of rotatable bonds is 7. The second-order valence-corrected chi connectivity index (χ2v) is 5.65. The maximum atomic E-state index is 12.1. The first-order valence-electron chi connectivity index (χ1n) is 7.52. The number of hydrogen-bond acceptors (Lipinski definition) is 5. The second-order valence-electron chi connectivity index (χ2n) is 5.65. The number of carbonyl (C=O) groups excluding carboxylic acids is 2. The number of benzene rings is 1. The number of methoxy groups -OCH3 is 1. The van der Waals surface area contributed by atoms with Gasteiger partial charge in [0.15, 0.2) is 6.61 Å². The quantitative estimate of drug-likeness (QED) is 0.809. The minimum absolute atomic E-state index is 0.0148. The molecule has 0 saturated heterocycles. The Hall–Kier alpha value is -2.12. The van der Waals surface area contributed by atoms with E-state index in [4.69, 9.17) is 9.47 Å². The van der Waals surface area contributed by atoms with Crippen molar-refractivity contribution < 1.29 is 19.1 Å². The van der Waals surface area contributed by atoms with E-state index >= 15 is 0 Å². The minimum atomic E-state index is -0.241. The molecule has 2 amide bonds. The van der Waals surface area contributed by atoms with Crippen LogP contribution in [0.1, 0.15) is 6.42 Å². The molecule has 0 saturated carbocycles. The molecule has 0 radical (unpaired) electrons. The molecule has 1 aliphatic rings. The van der Waals surface area contributed by atoms with E-state index in [1.165, 1.54) is 7.11 Å². The van der Waals surface area contributed by atoms with Gasteiger partial charge in [0, 0.05) is 19.3 Å². The van der Waals surface area contributed by atoms with E-state index in [0.717, 1.165) is 13.0 Å². The fourth-order valence-corrected chi connectivity index (χ4v) is 2.40. The Morgan fingerprint density at radius 1 is 1.43 bits per heavy atom. The monoisotopic (exact) mass is 321 g/mol. The predicted octanol–water partition coefficient (Wildman–Crippen LogP) is 0.949. The highest BCUT2D eigenvalue weighted by molar-refractivity contribution is 5.99. The normalized spacial score (nSPS) is 13.7. The molecule has 0 aromatic heterocycles. The van der Waals surface area contributed by atoms with Crippen molar-refractivity contribution in [2.75, 3.05) is 57.7 Å². The van der Waals surface area contributed by atoms with Crippen LogP contribution in [-0.4, -0.2) is 64.2 Å². The van der Waals surface area contributed by atoms with Gasteiger partial charge in [-0.3, -0.25) is 9.59 Å². The molecule has 0 aliphatic carbocycles. The zero-order valence-electron chi connectivity index (χ0n) is 13.8. The van der Waals surface area contributed by atoms with Crippen molar-refractivity contribution in [1.29, 1.82) is 0 Å². The lowest BCUT2D eigenvalue weighted by molar-refractivity contribution is -0.121. The summed E-state index contributed by atoms with van der Waals surface area (Å²) in [5.41, 5.74) is 1.30. The molecule has 1 N–H and O–H groups in total. The molecular formula is C16H23N3O4. The molecule has 0 bridgehead atoms. The van der Waals surface area contributed by atoms with Gasteiger partial charge < -0.3 is 24.6 Å². The van der Waals surface area contributed by atoms with Crippen molar-refractivity contribution in [2.45, 2.75) is 6.42 Å². The average molecular weight is 321 g/mol. The number of carbonyl (C=O) groups is 2. The molecular weight excluding hydrogens is 298 g/mol. The fraction of sp³-hybridized carbons (Fsp3) is 0.500. The van der Waals surface area contributed by atoms with Crippen LogP contribution in [-0.2, 0) is 14.3 Å². The third-order valence-corrected chi connectivity index (χ3v) is 3.45. The third kappa shape index (κ3) is 4.67. The van der Waals surface area contributed by atoms with Gasteiger partial charge in [-0.1, -0.05) is 0 Å². The summed E-state index contributed by atoms with van der Waals surface area (Å²) in [5.74, 6) is 0.338. The van der Waals surface area contributed by atoms with Crippen LogP contribution in [0.25, 0.3) is 0 Å². The molecule has 0 unspecified atom stereocenters. The van der Waals surface area contributed by atoms with Crippen LogP contribution < -0.4 is 15.0 Å². The Kier molecular flexibility index (Phi) is 5.95. The molecule has 1 aromatic rings. The van der Waals surface area contributed by atoms with Crippen molar-refractivity contribution in [3.05, 3.63) is 18.2 Å². The molecule has 1 heterocycles. The SMILES string of the molecule is COCC(=O)Nc1ccc2c(c1)N(CCCN(C)C)C(=O)CO2. The van der Waals surface area contributed by atoms with Gasteiger partial charge in [-0.05, 0) is 45.3 Å². The number of amides is 2. The van der Waals surface area contributed by atoms with Crippen LogP contribution in [0.15, 0.2) is 18.2 Å². The number of anilines is 2. The smallest absolute Gasteiger partial charge is 0.265 e. The van der Waals surface area contributed by atoms with Crippen LogP contribution in [0.4, 0.5) is 11.4 Å². The van der Waals surface area contributed by atoms with Crippen molar-refractivity contribution in [1.82, 2.24) is 4.90 Å². The van der Waals surface area contributed by atoms with Gasteiger partial charge in [-0.25, -0.2) is 0 Å². The Labute approximate surface area is 136 Å². The van der Waals surface area contributed by atoms with E-state index < -0.39 is 0 Å². The molecule has 7 nitrogen and oxygen atoms in total. The zero-order valence-corrected chi connectivity index (χ0v) is 13.8. The summed E-state index contributed by atoms with van der Waals surface area (Å²) < 4.78 is 10.3. The standard InChI is InChI=1S/C16H23N3O4/c1-18(2)7-4-8-19-13-9-12(17-15(20)10-22-3)5-6-14(13)23-11-16(19)21/h5-6,9H,4,7-8,10-11H2,1-3H3,(H,17,20). The predicted molar refractivity (Wildman–Crippen MR) is 88.0 cm³/mol. The van der Waals surface area contributed by atoms with Gasteiger partial charge in [-0.15, -0.1) is 0 Å². The first kappa shape index (κ1) is 17.2. The van der Waals surface area contributed by atoms with Crippen molar-refractivity contribution in [2.24, 2.45) is 0 Å². The van der Waals surface area contributed by atoms with Gasteiger partial charge in [0.25, 0.3) is 5.91 Å². The molecule has 0 fully saturated rings. The molecule has 7 heteroatoms. The molecule has 1 aromatic carbocycles. The molecule has 1 aliphatic heterocycles. The van der Waals surface area contributed by atoms with Crippen LogP contribution in [0.3, 0.4) is 0 Å². The van der Waals surface area contributed by atoms with E-state index in [1.54, 1.807) is 23.1 Å². The highest BCUT2D eigenvalue weighted by atomic mass is 16.5. The number of hydrogen-bond donors (Lipinski definition) is 1. The molecule has 0 atom stereocenters. The van der Waals surface area contributed by atoms with Gasteiger partial charge in [0.05, 0.1) is 5.69 Å². The zero-order chi connectivity index (χ0) is 16.8. The van der Waals surface area contributed by atoms with Crippen molar-refractivity contribution in [3.8, 4) is 5.75 Å². The summed E-state index contributed by atoms with van der Waals surface area (Å²) >= 11 is 0. The van der Waals surface area contributed by atoms with Gasteiger partial charge in [-0.2, -0.15) is 0 Å². The molecule has 2 rings (SSSR count). The summed E-state index contributed by atoms with van der Waals surface area (Å²) in [6.07, 6.45) is 0.860. The van der Waals surface area contributed by atoms with Gasteiger partial charge in [0.1, 0.15) is 12.4 Å². The highest BCUT2D eigenvalue weighted by Crippen LogP contribution is 2.34. The summed E-state index contributed by atoms with van der Waals surface area (Å²) in [6, 6.07) is 5.28. The third-order valence-electron chi connectivity index (χ3n) is 3.45. The first-order valence-corrected chi connectivity index (χ1v) is 7.52. The van der Waals surface area contributed by atoms with E-state index in [2.05, 4.69) is 10.2 Å². The van der Waals surface area contributed by atoms with Crippen molar-refractivity contribution in [3.63, 3.8) is 0 Å². The first-order chi connectivity index (χ1) is 11.0. The van der Waals surface area contributed by atoms with Crippen LogP contribution >= 0.6 is 0 Å². The van der Waals surface area contributed by atoms with Crippen LogP contribution in [0.2, 0.25) is 0 Å². The Bertz CT molecular complexity index is 574. The van der Waals surface area contributed by atoms with Gasteiger partial charge in [0.2, 0.25) is 5.91 Å². The minimum Gasteiger partial charge on any atom is -0.482 e. The largest absolute Gasteiger partial charge is 0.482 e. The average Bonchev–Trinajstić information content (AvgIpc) is 2.49. The highest BCUT2D eigenvalue weighted by Gasteiger charge is 2.25. The number of fused-ring (bicyclic) bond motifs is 1. The van der Waals surface area contributed by atoms with E-state index in [1.807, 2.05) is 14.1 Å². The number of ether oxygens (including phenoxy) is 2. The Morgan fingerprint density at radius 3 is 2.91 bits per heavy atom. The maximum Gasteiger partial charge on any atom is 0.265 e. The van der Waals surface area contributed by atoms with Crippen LogP contribution in [0, 0.1) is 0 Å².